The molecule has 1 aliphatic carbocycles. The summed E-state index contributed by atoms with van der Waals surface area (Å²) in [5.41, 5.74) is 5.42. The van der Waals surface area contributed by atoms with Gasteiger partial charge in [0.05, 0.1) is 17.1 Å². The summed E-state index contributed by atoms with van der Waals surface area (Å²) in [4.78, 5) is 30.8. The molecular formula is C22H25F2N5O4. The van der Waals surface area contributed by atoms with Crippen LogP contribution in [0, 0.1) is 21.7 Å². The van der Waals surface area contributed by atoms with Crippen LogP contribution in [0.3, 0.4) is 0 Å². The van der Waals surface area contributed by atoms with Crippen molar-refractivity contribution in [3.8, 4) is 0 Å². The third kappa shape index (κ3) is 4.58. The number of rotatable bonds is 5. The normalized spacial score (nSPS) is 22.9. The number of pyridine rings is 1. The van der Waals surface area contributed by atoms with Crippen LogP contribution in [0.2, 0.25) is 0 Å². The van der Waals surface area contributed by atoms with Gasteiger partial charge in [-0.3, -0.25) is 15.0 Å². The van der Waals surface area contributed by atoms with Crippen molar-refractivity contribution in [1.29, 1.82) is 0 Å². The smallest absolute Gasteiger partial charge is 0.320 e. The first-order chi connectivity index (χ1) is 15.8. The van der Waals surface area contributed by atoms with E-state index in [1.807, 2.05) is 0 Å². The van der Waals surface area contributed by atoms with Crippen molar-refractivity contribution in [2.75, 3.05) is 16.3 Å². The molecule has 1 aromatic heterocycles. The lowest BCUT2D eigenvalue weighted by atomic mass is 9.92. The second-order valence-electron chi connectivity index (χ2n) is 8.46. The Kier molecular flexibility index (Phi) is 6.41. The fraction of sp³-hybridized carbons (Fsp3) is 0.455. The van der Waals surface area contributed by atoms with Crippen LogP contribution in [0.5, 0.6) is 0 Å². The van der Waals surface area contributed by atoms with Crippen molar-refractivity contribution < 1.29 is 23.6 Å². The Morgan fingerprint density at radius 2 is 1.91 bits per heavy atom. The average Bonchev–Trinajstić information content (AvgIpc) is 3.26. The number of urea groups is 1. The number of hydrogen-bond acceptors (Lipinski definition) is 6. The van der Waals surface area contributed by atoms with Gasteiger partial charge in [0.2, 0.25) is 5.82 Å². The number of aliphatic hydroxyl groups is 1. The lowest BCUT2D eigenvalue weighted by molar-refractivity contribution is -0.384. The van der Waals surface area contributed by atoms with Crippen LogP contribution in [0.15, 0.2) is 30.3 Å². The van der Waals surface area contributed by atoms with Crippen LogP contribution in [0.25, 0.3) is 0 Å². The summed E-state index contributed by atoms with van der Waals surface area (Å²) in [5.74, 6) is -0.981. The molecule has 9 nitrogen and oxygen atoms in total. The minimum absolute atomic E-state index is 0.183. The van der Waals surface area contributed by atoms with Crippen molar-refractivity contribution in [2.24, 2.45) is 5.73 Å². The highest BCUT2D eigenvalue weighted by Crippen LogP contribution is 2.40. The second-order valence-corrected chi connectivity index (χ2v) is 8.46. The second kappa shape index (κ2) is 9.26. The van der Waals surface area contributed by atoms with Gasteiger partial charge in [0, 0.05) is 24.2 Å². The standard InChI is InChI=1S/C22H25F2N5O4/c23-13-3-8-17(24)16(12-13)18-2-1-11-27(18)20-10-9-19(29(32)33)21(26-20)28(22(25)31)14-4-6-15(30)7-5-14/h3,8-10,12,14-15,18,30H,1-2,4-7,11H2,(H2,25,31). The molecule has 176 valence electrons. The van der Waals surface area contributed by atoms with E-state index in [1.165, 1.54) is 12.1 Å². The van der Waals surface area contributed by atoms with E-state index < -0.39 is 40.8 Å². The zero-order valence-electron chi connectivity index (χ0n) is 17.9. The van der Waals surface area contributed by atoms with Crippen molar-refractivity contribution in [3.05, 3.63) is 57.6 Å². The third-order valence-electron chi connectivity index (χ3n) is 6.40. The first kappa shape index (κ1) is 22.8. The van der Waals surface area contributed by atoms with E-state index in [0.717, 1.165) is 23.1 Å². The third-order valence-corrected chi connectivity index (χ3v) is 6.40. The maximum Gasteiger partial charge on any atom is 0.320 e. The monoisotopic (exact) mass is 461 g/mol. The van der Waals surface area contributed by atoms with Crippen molar-refractivity contribution >= 4 is 23.4 Å². The molecule has 0 spiro atoms. The summed E-state index contributed by atoms with van der Waals surface area (Å²) in [6, 6.07) is 4.14. The predicted molar refractivity (Wildman–Crippen MR) is 117 cm³/mol. The topological polar surface area (TPSA) is 126 Å². The van der Waals surface area contributed by atoms with E-state index >= 15 is 0 Å². The molecular weight excluding hydrogens is 436 g/mol. The van der Waals surface area contributed by atoms with E-state index in [2.05, 4.69) is 4.98 Å². The molecule has 3 N–H and O–H groups in total. The van der Waals surface area contributed by atoms with Gasteiger partial charge in [-0.1, -0.05) is 0 Å². The van der Waals surface area contributed by atoms with Gasteiger partial charge < -0.3 is 15.7 Å². The molecule has 2 amide bonds. The summed E-state index contributed by atoms with van der Waals surface area (Å²) in [7, 11) is 0. The molecule has 0 radical (unpaired) electrons. The van der Waals surface area contributed by atoms with Gasteiger partial charge >= 0.3 is 11.7 Å². The maximum absolute atomic E-state index is 14.5. The van der Waals surface area contributed by atoms with E-state index in [9.17, 15) is 28.8 Å². The molecule has 1 saturated carbocycles. The van der Waals surface area contributed by atoms with Crippen molar-refractivity contribution in [3.63, 3.8) is 0 Å². The molecule has 1 aromatic carbocycles. The summed E-state index contributed by atoms with van der Waals surface area (Å²) in [6.45, 7) is 0.483. The van der Waals surface area contributed by atoms with Gasteiger partial charge in [-0.2, -0.15) is 0 Å². The number of carbonyl (C=O) groups excluding carboxylic acids is 1. The molecule has 4 rings (SSSR count). The van der Waals surface area contributed by atoms with E-state index in [0.29, 0.717) is 50.9 Å². The largest absolute Gasteiger partial charge is 0.393 e. The summed E-state index contributed by atoms with van der Waals surface area (Å²) < 4.78 is 28.3. The summed E-state index contributed by atoms with van der Waals surface area (Å²) in [5, 5.41) is 21.5. The lowest BCUT2D eigenvalue weighted by Gasteiger charge is -2.34. The number of aliphatic hydroxyl groups excluding tert-OH is 1. The fourth-order valence-corrected chi connectivity index (χ4v) is 4.82. The van der Waals surface area contributed by atoms with Gasteiger partial charge in [0.1, 0.15) is 17.5 Å². The predicted octanol–water partition coefficient (Wildman–Crippen LogP) is 3.80. The molecule has 2 heterocycles. The minimum Gasteiger partial charge on any atom is -0.393 e. The Morgan fingerprint density at radius 1 is 1.18 bits per heavy atom. The number of nitrogens with zero attached hydrogens (tertiary/aromatic N) is 4. The fourth-order valence-electron chi connectivity index (χ4n) is 4.82. The number of amides is 2. The van der Waals surface area contributed by atoms with Gasteiger partial charge in [-0.05, 0) is 62.8 Å². The average molecular weight is 461 g/mol. The summed E-state index contributed by atoms with van der Waals surface area (Å²) >= 11 is 0. The van der Waals surface area contributed by atoms with Crippen LogP contribution in [-0.2, 0) is 0 Å². The number of aromatic nitrogens is 1. The van der Waals surface area contributed by atoms with Gasteiger partial charge in [0.25, 0.3) is 0 Å². The highest BCUT2D eigenvalue weighted by Gasteiger charge is 2.36. The number of nitrogens with two attached hydrogens (primary N) is 1. The number of primary amides is 1. The van der Waals surface area contributed by atoms with Gasteiger partial charge in [-0.15, -0.1) is 0 Å². The summed E-state index contributed by atoms with van der Waals surface area (Å²) in [6.07, 6.45) is 2.48. The first-order valence-electron chi connectivity index (χ1n) is 10.9. The Bertz CT molecular complexity index is 1060. The number of benzene rings is 1. The molecule has 1 unspecified atom stereocenters. The van der Waals surface area contributed by atoms with Crippen LogP contribution in [-0.4, -0.2) is 39.7 Å². The first-order valence-corrected chi connectivity index (χ1v) is 10.9. The van der Waals surface area contributed by atoms with E-state index in [4.69, 9.17) is 5.73 Å². The van der Waals surface area contributed by atoms with E-state index in [-0.39, 0.29) is 17.1 Å². The molecule has 1 saturated heterocycles. The van der Waals surface area contributed by atoms with Gasteiger partial charge in [0.15, 0.2) is 0 Å². The number of hydrogen-bond donors (Lipinski definition) is 2. The SMILES string of the molecule is NC(=O)N(c1nc(N2CCCC2c2cc(F)ccc2F)ccc1[N+](=O)[O-])C1CCC(O)CC1. The molecule has 0 bridgehead atoms. The van der Waals surface area contributed by atoms with Crippen LogP contribution >= 0.6 is 0 Å². The molecule has 33 heavy (non-hydrogen) atoms. The van der Waals surface area contributed by atoms with E-state index in [1.54, 1.807) is 4.90 Å². The minimum atomic E-state index is -0.877. The van der Waals surface area contributed by atoms with Crippen molar-refractivity contribution in [1.82, 2.24) is 4.98 Å². The number of halogens is 2. The molecule has 1 aliphatic heterocycles. The highest BCUT2D eigenvalue weighted by atomic mass is 19.1. The van der Waals surface area contributed by atoms with Crippen LogP contribution < -0.4 is 15.5 Å². The lowest BCUT2D eigenvalue weighted by Crippen LogP contribution is -2.47. The Labute approximate surface area is 189 Å². The molecule has 1 atom stereocenters. The highest BCUT2D eigenvalue weighted by molar-refractivity contribution is 5.93. The van der Waals surface area contributed by atoms with Gasteiger partial charge in [-0.25, -0.2) is 18.6 Å². The Morgan fingerprint density at radius 3 is 2.58 bits per heavy atom. The number of carbonyl (C=O) groups is 1. The molecule has 2 fully saturated rings. The Balaban J connectivity index is 1.74. The Hall–Kier alpha value is -3.34. The number of anilines is 2. The van der Waals surface area contributed by atoms with Crippen LogP contribution in [0.1, 0.15) is 50.1 Å². The number of nitro groups is 1. The quantitative estimate of drug-likeness (QED) is 0.515. The van der Waals surface area contributed by atoms with Crippen molar-refractivity contribution in [2.45, 2.75) is 56.7 Å². The maximum atomic E-state index is 14.5. The molecule has 2 aliphatic rings. The molecule has 2 aromatic rings. The zero-order valence-corrected chi connectivity index (χ0v) is 17.9. The zero-order chi connectivity index (χ0) is 23.7. The van der Waals surface area contributed by atoms with Crippen LogP contribution in [0.4, 0.5) is 30.9 Å². The molecule has 11 heteroatoms.